The first-order chi connectivity index (χ1) is 9.10. The Hall–Kier alpha value is -0.550. The molecule has 0 aliphatic heterocycles. The molecule has 2 atom stereocenters. The number of allylic oxidation sites excluding steroid dienone is 1. The molecule has 0 amide bonds. The molecule has 1 N–H and O–H groups in total. The molecule has 1 aromatic heterocycles. The van der Waals surface area contributed by atoms with Crippen molar-refractivity contribution in [2.45, 2.75) is 12.5 Å². The largest absolute Gasteiger partial charge is 0.396 e. The van der Waals surface area contributed by atoms with E-state index in [9.17, 15) is 5.11 Å². The van der Waals surface area contributed by atoms with Crippen LogP contribution in [0, 0.1) is 5.92 Å². The Kier molecular flexibility index (Phi) is 3.60. The van der Waals surface area contributed by atoms with Gasteiger partial charge in [-0.05, 0) is 34.5 Å². The van der Waals surface area contributed by atoms with Crippen LogP contribution in [0.3, 0.4) is 0 Å². The Labute approximate surface area is 129 Å². The van der Waals surface area contributed by atoms with Crippen molar-refractivity contribution in [1.82, 2.24) is 9.55 Å². The summed E-state index contributed by atoms with van der Waals surface area (Å²) in [5.74, 6) is 0.206. The van der Waals surface area contributed by atoms with Crippen molar-refractivity contribution in [3.63, 3.8) is 0 Å². The molecule has 1 aromatic carbocycles. The number of rotatable bonds is 2. The van der Waals surface area contributed by atoms with Gasteiger partial charge in [0.1, 0.15) is 0 Å². The number of aromatic nitrogens is 2. The Morgan fingerprint density at radius 1 is 1.32 bits per heavy atom. The predicted octanol–water partition coefficient (Wildman–Crippen LogP) is 4.22. The van der Waals surface area contributed by atoms with Gasteiger partial charge in [0.05, 0.1) is 27.1 Å². The number of fused-ring (bicyclic) bond motifs is 1. The Morgan fingerprint density at radius 2 is 2.05 bits per heavy atom. The molecule has 0 spiro atoms. The summed E-state index contributed by atoms with van der Waals surface area (Å²) in [6.45, 7) is 0.170. The van der Waals surface area contributed by atoms with Gasteiger partial charge in [0.2, 0.25) is 0 Å². The van der Waals surface area contributed by atoms with E-state index in [1.165, 1.54) is 0 Å². The van der Waals surface area contributed by atoms with Gasteiger partial charge in [-0.25, -0.2) is 4.98 Å². The number of aliphatic hydroxyl groups excluding tert-OH is 1. The minimum atomic E-state index is 0.170. The lowest BCUT2D eigenvalue weighted by molar-refractivity contribution is 0.244. The van der Waals surface area contributed by atoms with Crippen molar-refractivity contribution in [3.05, 3.63) is 39.1 Å². The molecule has 3 nitrogen and oxygen atoms in total. The van der Waals surface area contributed by atoms with Gasteiger partial charge in [0.25, 0.3) is 0 Å². The van der Waals surface area contributed by atoms with E-state index in [1.54, 1.807) is 6.07 Å². The topological polar surface area (TPSA) is 38.0 Å². The smallest absolute Gasteiger partial charge is 0.178 e. The number of halogens is 3. The van der Waals surface area contributed by atoms with E-state index in [1.807, 2.05) is 12.1 Å². The van der Waals surface area contributed by atoms with Crippen LogP contribution in [0.5, 0.6) is 0 Å². The molecular weight excluding hydrogens is 351 g/mol. The molecule has 3 rings (SSSR count). The van der Waals surface area contributed by atoms with Crippen molar-refractivity contribution in [1.29, 1.82) is 0 Å². The maximum atomic E-state index is 9.22. The lowest BCUT2D eigenvalue weighted by Crippen LogP contribution is -2.08. The summed E-state index contributed by atoms with van der Waals surface area (Å²) < 4.78 is 2.82. The third kappa shape index (κ3) is 2.31. The van der Waals surface area contributed by atoms with Crippen LogP contribution in [0.2, 0.25) is 10.0 Å². The van der Waals surface area contributed by atoms with Gasteiger partial charge in [-0.2, -0.15) is 0 Å². The molecule has 0 unspecified atom stereocenters. The van der Waals surface area contributed by atoms with Crippen molar-refractivity contribution >= 4 is 50.2 Å². The van der Waals surface area contributed by atoms with Crippen molar-refractivity contribution in [3.8, 4) is 0 Å². The summed E-state index contributed by atoms with van der Waals surface area (Å²) in [6.07, 6.45) is 5.00. The van der Waals surface area contributed by atoms with Gasteiger partial charge in [-0.3, -0.25) is 0 Å². The first-order valence-electron chi connectivity index (χ1n) is 5.92. The highest BCUT2D eigenvalue weighted by Gasteiger charge is 2.23. The van der Waals surface area contributed by atoms with Gasteiger partial charge >= 0.3 is 0 Å². The van der Waals surface area contributed by atoms with Gasteiger partial charge in [0.15, 0.2) is 4.73 Å². The number of hydrogen-bond acceptors (Lipinski definition) is 2. The highest BCUT2D eigenvalue weighted by Crippen LogP contribution is 2.36. The zero-order chi connectivity index (χ0) is 13.6. The average Bonchev–Trinajstić information content (AvgIpc) is 2.94. The third-order valence-electron chi connectivity index (χ3n) is 3.40. The lowest BCUT2D eigenvalue weighted by atomic mass is 10.1. The third-order valence-corrected chi connectivity index (χ3v) is 4.69. The Morgan fingerprint density at radius 3 is 2.74 bits per heavy atom. The molecule has 1 heterocycles. The standard InChI is InChI=1S/C13H11BrCl2N2O/c14-13-17-11-4-9(15)10(16)5-12(11)18(13)8-2-1-7(3-8)6-19/h1-2,4-5,7-8,19H,3,6H2/t7-,8+/m0/s1. The van der Waals surface area contributed by atoms with Crippen LogP contribution in [0.15, 0.2) is 29.0 Å². The fourth-order valence-electron chi connectivity index (χ4n) is 2.46. The van der Waals surface area contributed by atoms with E-state index in [0.717, 1.165) is 22.2 Å². The van der Waals surface area contributed by atoms with Crippen LogP contribution in [0.4, 0.5) is 0 Å². The summed E-state index contributed by atoms with van der Waals surface area (Å²) in [4.78, 5) is 4.45. The van der Waals surface area contributed by atoms with Crippen molar-refractivity contribution in [2.24, 2.45) is 5.92 Å². The SMILES string of the molecule is OC[C@H]1C=C[C@@H](n2c(Br)nc3cc(Cl)c(Cl)cc32)C1. The second-order valence-electron chi connectivity index (χ2n) is 4.64. The van der Waals surface area contributed by atoms with Gasteiger partial charge in [0, 0.05) is 12.5 Å². The fourth-order valence-corrected chi connectivity index (χ4v) is 3.42. The zero-order valence-corrected chi connectivity index (χ0v) is 13.0. The zero-order valence-electron chi connectivity index (χ0n) is 9.85. The van der Waals surface area contributed by atoms with Crippen molar-refractivity contribution < 1.29 is 5.11 Å². The van der Waals surface area contributed by atoms with Crippen LogP contribution in [-0.4, -0.2) is 21.3 Å². The van der Waals surface area contributed by atoms with E-state index in [-0.39, 0.29) is 18.6 Å². The molecule has 0 radical (unpaired) electrons. The lowest BCUT2D eigenvalue weighted by Gasteiger charge is -2.14. The maximum absolute atomic E-state index is 9.22. The van der Waals surface area contributed by atoms with E-state index < -0.39 is 0 Å². The molecule has 0 saturated heterocycles. The van der Waals surface area contributed by atoms with Gasteiger partial charge < -0.3 is 9.67 Å². The summed E-state index contributed by atoms with van der Waals surface area (Å²) in [5, 5.41) is 10.2. The second kappa shape index (κ2) is 5.09. The predicted molar refractivity (Wildman–Crippen MR) is 80.8 cm³/mol. The second-order valence-corrected chi connectivity index (χ2v) is 6.16. The average molecular weight is 362 g/mol. The number of imidazole rings is 1. The maximum Gasteiger partial charge on any atom is 0.178 e. The van der Waals surface area contributed by atoms with Gasteiger partial charge in [-0.15, -0.1) is 0 Å². The van der Waals surface area contributed by atoms with Crippen LogP contribution in [-0.2, 0) is 0 Å². The quantitative estimate of drug-likeness (QED) is 0.813. The van der Waals surface area contributed by atoms with E-state index in [4.69, 9.17) is 23.2 Å². The van der Waals surface area contributed by atoms with Crippen LogP contribution >= 0.6 is 39.1 Å². The summed E-state index contributed by atoms with van der Waals surface area (Å²) >= 11 is 15.6. The first kappa shape index (κ1) is 13.4. The molecular formula is C13H11BrCl2N2O. The molecule has 19 heavy (non-hydrogen) atoms. The Balaban J connectivity index is 2.11. The van der Waals surface area contributed by atoms with Gasteiger partial charge in [-0.1, -0.05) is 35.4 Å². The van der Waals surface area contributed by atoms with Crippen LogP contribution in [0.1, 0.15) is 12.5 Å². The summed E-state index contributed by atoms with van der Waals surface area (Å²) in [7, 11) is 0. The fraction of sp³-hybridized carbons (Fsp3) is 0.308. The molecule has 100 valence electrons. The molecule has 0 fully saturated rings. The summed E-state index contributed by atoms with van der Waals surface area (Å²) in [6, 6.07) is 3.77. The molecule has 6 heteroatoms. The normalized spacial score (nSPS) is 22.5. The molecule has 0 saturated carbocycles. The number of aliphatic hydroxyl groups is 1. The number of hydrogen-bond donors (Lipinski definition) is 1. The number of benzene rings is 1. The van der Waals surface area contributed by atoms with E-state index in [0.29, 0.717) is 10.0 Å². The highest BCUT2D eigenvalue weighted by molar-refractivity contribution is 9.10. The van der Waals surface area contributed by atoms with Crippen LogP contribution < -0.4 is 0 Å². The van der Waals surface area contributed by atoms with E-state index in [2.05, 4.69) is 31.6 Å². The molecule has 1 aliphatic rings. The van der Waals surface area contributed by atoms with E-state index >= 15 is 0 Å². The minimum absolute atomic E-state index is 0.170. The molecule has 1 aliphatic carbocycles. The first-order valence-corrected chi connectivity index (χ1v) is 7.46. The van der Waals surface area contributed by atoms with Crippen LogP contribution in [0.25, 0.3) is 11.0 Å². The molecule has 0 bridgehead atoms. The molecule has 2 aromatic rings. The monoisotopic (exact) mass is 360 g/mol. The highest BCUT2D eigenvalue weighted by atomic mass is 79.9. The Bertz CT molecular complexity index is 668. The minimum Gasteiger partial charge on any atom is -0.396 e. The number of nitrogens with zero attached hydrogens (tertiary/aromatic N) is 2. The van der Waals surface area contributed by atoms with Crippen molar-refractivity contribution in [2.75, 3.05) is 6.61 Å². The summed E-state index contributed by atoms with van der Waals surface area (Å²) in [5.41, 5.74) is 1.75.